The number of rotatable bonds is 5. The summed E-state index contributed by atoms with van der Waals surface area (Å²) >= 11 is 0. The summed E-state index contributed by atoms with van der Waals surface area (Å²) in [6.45, 7) is 3.15. The lowest BCUT2D eigenvalue weighted by molar-refractivity contribution is -0.136. The van der Waals surface area contributed by atoms with E-state index in [4.69, 9.17) is 5.11 Å². The molecule has 1 amide bonds. The molecule has 1 atom stereocenters. The molecular formula is C16H22N2O3. The maximum absolute atomic E-state index is 11.8. The Hall–Kier alpha value is -2.04. The third kappa shape index (κ3) is 4.21. The van der Waals surface area contributed by atoms with Gasteiger partial charge in [0.2, 0.25) is 5.91 Å². The highest BCUT2D eigenvalue weighted by Crippen LogP contribution is 2.26. The first-order chi connectivity index (χ1) is 10.1. The second-order valence-corrected chi connectivity index (χ2v) is 5.47. The number of hydrogen-bond donors (Lipinski definition) is 2. The molecule has 0 aliphatic carbocycles. The highest BCUT2D eigenvalue weighted by molar-refractivity contribution is 5.77. The van der Waals surface area contributed by atoms with Crippen molar-refractivity contribution in [2.24, 2.45) is 0 Å². The molecule has 1 heterocycles. The van der Waals surface area contributed by atoms with E-state index in [1.807, 2.05) is 31.2 Å². The van der Waals surface area contributed by atoms with E-state index in [0.29, 0.717) is 19.5 Å². The monoisotopic (exact) mass is 290 g/mol. The summed E-state index contributed by atoms with van der Waals surface area (Å²) in [5.41, 5.74) is 2.13. The van der Waals surface area contributed by atoms with Crippen LogP contribution in [0, 0.1) is 6.92 Å². The number of carbonyl (C=O) groups is 2. The highest BCUT2D eigenvalue weighted by atomic mass is 16.4. The van der Waals surface area contributed by atoms with Gasteiger partial charge in [-0.05, 0) is 31.4 Å². The van der Waals surface area contributed by atoms with E-state index in [-0.39, 0.29) is 18.4 Å². The van der Waals surface area contributed by atoms with Crippen LogP contribution in [0.25, 0.3) is 0 Å². The van der Waals surface area contributed by atoms with Gasteiger partial charge < -0.3 is 15.3 Å². The molecule has 1 aliphatic heterocycles. The number of benzene rings is 1. The van der Waals surface area contributed by atoms with Crippen molar-refractivity contribution in [2.45, 2.75) is 38.6 Å². The molecule has 0 radical (unpaired) electrons. The summed E-state index contributed by atoms with van der Waals surface area (Å²) in [6, 6.07) is 7.99. The van der Waals surface area contributed by atoms with Crippen molar-refractivity contribution in [3.63, 3.8) is 0 Å². The average molecular weight is 290 g/mol. The van der Waals surface area contributed by atoms with Crippen LogP contribution in [0.4, 0.5) is 5.69 Å². The lowest BCUT2D eigenvalue weighted by Crippen LogP contribution is -2.39. The maximum atomic E-state index is 11.8. The molecule has 0 spiro atoms. The molecular weight excluding hydrogens is 268 g/mol. The van der Waals surface area contributed by atoms with Gasteiger partial charge in [0.25, 0.3) is 0 Å². The van der Waals surface area contributed by atoms with Gasteiger partial charge in [0.05, 0.1) is 6.42 Å². The van der Waals surface area contributed by atoms with Crippen LogP contribution >= 0.6 is 0 Å². The zero-order valence-corrected chi connectivity index (χ0v) is 12.3. The van der Waals surface area contributed by atoms with Crippen LogP contribution in [0.5, 0.6) is 0 Å². The van der Waals surface area contributed by atoms with E-state index >= 15 is 0 Å². The molecule has 1 fully saturated rings. The van der Waals surface area contributed by atoms with Crippen molar-refractivity contribution in [2.75, 3.05) is 18.0 Å². The predicted octanol–water partition coefficient (Wildman–Crippen LogP) is 1.94. The van der Waals surface area contributed by atoms with Crippen molar-refractivity contribution >= 4 is 17.6 Å². The molecule has 0 bridgehead atoms. The molecule has 1 unspecified atom stereocenters. The van der Waals surface area contributed by atoms with Crippen LogP contribution in [-0.2, 0) is 9.59 Å². The van der Waals surface area contributed by atoms with Crippen molar-refractivity contribution < 1.29 is 14.7 Å². The van der Waals surface area contributed by atoms with E-state index in [0.717, 1.165) is 24.1 Å². The largest absolute Gasteiger partial charge is 0.481 e. The molecule has 1 aromatic carbocycles. The quantitative estimate of drug-likeness (QED) is 0.869. The van der Waals surface area contributed by atoms with Gasteiger partial charge in [0, 0.05) is 31.2 Å². The molecule has 1 saturated heterocycles. The van der Waals surface area contributed by atoms with E-state index in [1.54, 1.807) is 0 Å². The number of carboxylic acid groups (broad SMARTS) is 1. The number of amides is 1. The van der Waals surface area contributed by atoms with E-state index < -0.39 is 5.97 Å². The van der Waals surface area contributed by atoms with Crippen LogP contribution < -0.4 is 10.2 Å². The Morgan fingerprint density at radius 3 is 2.90 bits per heavy atom. The number of nitrogens with one attached hydrogen (secondary N) is 1. The van der Waals surface area contributed by atoms with Crippen molar-refractivity contribution in [3.05, 3.63) is 29.8 Å². The smallest absolute Gasteiger partial charge is 0.305 e. The summed E-state index contributed by atoms with van der Waals surface area (Å²) < 4.78 is 0. The fraction of sp³-hybridized carbons (Fsp3) is 0.500. The van der Waals surface area contributed by atoms with Gasteiger partial charge in [-0.25, -0.2) is 0 Å². The second-order valence-electron chi connectivity index (χ2n) is 5.47. The standard InChI is InChI=1S/C16H22N2O3/c1-12-5-2-3-7-14(12)18(10-8-16(20)21)13-6-4-9-17-15(19)11-13/h2-3,5,7,13H,4,6,8-11H2,1H3,(H,17,19)(H,20,21). The molecule has 5 heteroatoms. The number of hydrogen-bond acceptors (Lipinski definition) is 3. The highest BCUT2D eigenvalue weighted by Gasteiger charge is 2.25. The Balaban J connectivity index is 2.24. The number of carbonyl (C=O) groups excluding carboxylic acids is 1. The molecule has 21 heavy (non-hydrogen) atoms. The van der Waals surface area contributed by atoms with E-state index in [9.17, 15) is 9.59 Å². The second kappa shape index (κ2) is 7.11. The Bertz CT molecular complexity index is 516. The first-order valence-corrected chi connectivity index (χ1v) is 7.38. The van der Waals surface area contributed by atoms with Gasteiger partial charge in [-0.15, -0.1) is 0 Å². The van der Waals surface area contributed by atoms with E-state index in [1.165, 1.54) is 0 Å². The van der Waals surface area contributed by atoms with Crippen LogP contribution in [0.3, 0.4) is 0 Å². The SMILES string of the molecule is Cc1ccccc1N(CCC(=O)O)C1CCCNC(=O)C1. The van der Waals surface area contributed by atoms with Gasteiger partial charge in [-0.1, -0.05) is 18.2 Å². The molecule has 0 saturated carbocycles. The Labute approximate surface area is 125 Å². The molecule has 1 aliphatic rings. The molecule has 1 aromatic rings. The summed E-state index contributed by atoms with van der Waals surface area (Å²) in [5, 5.41) is 11.9. The number of nitrogens with zero attached hydrogens (tertiary/aromatic N) is 1. The fourth-order valence-corrected chi connectivity index (χ4v) is 2.82. The van der Waals surface area contributed by atoms with Gasteiger partial charge in [-0.3, -0.25) is 9.59 Å². The normalized spacial score (nSPS) is 18.7. The lowest BCUT2D eigenvalue weighted by atomic mass is 10.0. The van der Waals surface area contributed by atoms with Gasteiger partial charge >= 0.3 is 5.97 Å². The van der Waals surface area contributed by atoms with Crippen LogP contribution in [-0.4, -0.2) is 36.1 Å². The summed E-state index contributed by atoms with van der Waals surface area (Å²) in [4.78, 5) is 24.8. The zero-order valence-electron chi connectivity index (χ0n) is 12.3. The van der Waals surface area contributed by atoms with Crippen molar-refractivity contribution in [3.8, 4) is 0 Å². The van der Waals surface area contributed by atoms with Gasteiger partial charge in [0.1, 0.15) is 0 Å². The molecule has 2 N–H and O–H groups in total. The number of para-hydroxylation sites is 1. The maximum Gasteiger partial charge on any atom is 0.305 e. The first kappa shape index (κ1) is 15.4. The van der Waals surface area contributed by atoms with Gasteiger partial charge in [-0.2, -0.15) is 0 Å². The number of anilines is 1. The minimum Gasteiger partial charge on any atom is -0.481 e. The number of aryl methyl sites for hydroxylation is 1. The Morgan fingerprint density at radius 2 is 2.19 bits per heavy atom. The van der Waals surface area contributed by atoms with Crippen LogP contribution in [0.15, 0.2) is 24.3 Å². The van der Waals surface area contributed by atoms with Crippen molar-refractivity contribution in [1.29, 1.82) is 0 Å². The summed E-state index contributed by atoms with van der Waals surface area (Å²) in [7, 11) is 0. The Morgan fingerprint density at radius 1 is 1.43 bits per heavy atom. The van der Waals surface area contributed by atoms with E-state index in [2.05, 4.69) is 10.2 Å². The minimum atomic E-state index is -0.813. The number of aliphatic carboxylic acids is 1. The molecule has 114 valence electrons. The number of carboxylic acids is 1. The average Bonchev–Trinajstić information content (AvgIpc) is 2.65. The Kier molecular flexibility index (Phi) is 5.20. The molecule has 2 rings (SSSR count). The lowest BCUT2D eigenvalue weighted by Gasteiger charge is -2.33. The van der Waals surface area contributed by atoms with Crippen molar-refractivity contribution in [1.82, 2.24) is 5.32 Å². The minimum absolute atomic E-state index is 0.0476. The van der Waals surface area contributed by atoms with Crippen LogP contribution in [0.2, 0.25) is 0 Å². The third-order valence-corrected chi connectivity index (χ3v) is 3.89. The fourth-order valence-electron chi connectivity index (χ4n) is 2.82. The molecule has 0 aromatic heterocycles. The summed E-state index contributed by atoms with van der Waals surface area (Å²) in [5.74, 6) is -0.766. The van der Waals surface area contributed by atoms with Gasteiger partial charge in [0.15, 0.2) is 0 Å². The first-order valence-electron chi connectivity index (χ1n) is 7.38. The topological polar surface area (TPSA) is 69.6 Å². The zero-order chi connectivity index (χ0) is 15.2. The predicted molar refractivity (Wildman–Crippen MR) is 81.4 cm³/mol. The third-order valence-electron chi connectivity index (χ3n) is 3.89. The summed E-state index contributed by atoms with van der Waals surface area (Å²) in [6.07, 6.45) is 2.32. The van der Waals surface area contributed by atoms with Crippen LogP contribution in [0.1, 0.15) is 31.2 Å². The molecule has 5 nitrogen and oxygen atoms in total.